The lowest BCUT2D eigenvalue weighted by molar-refractivity contribution is -0.240. The Kier molecular flexibility index (Phi) is 9.95. The highest BCUT2D eigenvalue weighted by Crippen LogP contribution is 2.48. The molecule has 1 saturated carbocycles. The number of hydrogen-bond donors (Lipinski definition) is 1. The number of fused-ring (bicyclic) bond motifs is 4. The first-order valence-electron chi connectivity index (χ1n) is 18.1. The second kappa shape index (κ2) is 13.9. The van der Waals surface area contributed by atoms with Crippen LogP contribution in [-0.2, 0) is 31.3 Å². The molecule has 7 rings (SSSR count). The number of halogens is 1. The molecule has 6 atom stereocenters. The number of carbonyl (C=O) groups excluding carboxylic acids is 1. The lowest BCUT2D eigenvalue weighted by Crippen LogP contribution is -2.52. The summed E-state index contributed by atoms with van der Waals surface area (Å²) in [5.41, 5.74) is 2.30. The molecule has 1 saturated heterocycles. The number of likely N-dealkylation sites (N-methyl/N-ethyl adjacent to an activating group) is 1. The van der Waals surface area contributed by atoms with Crippen molar-refractivity contribution in [2.45, 2.75) is 88.2 Å². The molecule has 1 N–H and O–H groups in total. The van der Waals surface area contributed by atoms with Crippen LogP contribution in [0, 0.1) is 23.7 Å². The molecule has 4 heterocycles. The van der Waals surface area contributed by atoms with E-state index in [4.69, 9.17) is 30.8 Å². The van der Waals surface area contributed by atoms with E-state index in [1.54, 1.807) is 19.1 Å². The molecule has 2 bridgehead atoms. The van der Waals surface area contributed by atoms with Crippen LogP contribution in [0.3, 0.4) is 0 Å². The summed E-state index contributed by atoms with van der Waals surface area (Å²) >= 11 is 6.46. The normalized spacial score (nSPS) is 34.9. The van der Waals surface area contributed by atoms with Gasteiger partial charge in [0.15, 0.2) is 17.9 Å². The predicted octanol–water partition coefficient (Wildman–Crippen LogP) is 5.42. The Bertz CT molecular complexity index is 1650. The van der Waals surface area contributed by atoms with Crippen molar-refractivity contribution in [3.63, 3.8) is 0 Å². The van der Waals surface area contributed by atoms with Crippen LogP contribution >= 0.6 is 11.6 Å². The molecule has 0 unspecified atom stereocenters. The van der Waals surface area contributed by atoms with Gasteiger partial charge in [-0.25, -0.2) is 18.1 Å². The molecular weight excluding hydrogens is 664 g/mol. The van der Waals surface area contributed by atoms with Crippen LogP contribution in [0.15, 0.2) is 30.3 Å². The number of aromatic nitrogens is 1. The lowest BCUT2D eigenvalue weighted by Gasteiger charge is -2.49. The number of carbonyl (C=O) groups is 1. The molecule has 1 amide bonds. The van der Waals surface area contributed by atoms with Crippen LogP contribution in [0.5, 0.6) is 5.75 Å². The molecule has 12 heteroatoms. The van der Waals surface area contributed by atoms with Crippen molar-refractivity contribution in [2.75, 3.05) is 51.9 Å². The molecule has 3 aliphatic heterocycles. The summed E-state index contributed by atoms with van der Waals surface area (Å²) < 4.78 is 48.8. The first-order valence-corrected chi connectivity index (χ1v) is 20.0. The van der Waals surface area contributed by atoms with Crippen LogP contribution in [0.4, 0.5) is 5.82 Å². The quantitative estimate of drug-likeness (QED) is 0.436. The zero-order valence-electron chi connectivity index (χ0n) is 29.2. The standard InChI is InChI=1S/C37H51ClN4O6S/c1-23-7-5-9-30(36-46-19-28(20-47-36)41(3)4)29-12-10-26(29)18-42-21-37(16-6-8-25-17-27(38)11-13-31(25)37)22-48-33-15-14-32(39-34(33)42)35(43)40-49(44,45)24(23)2/h11,13-15,17,23-24,26,28-30,36H,5-10,12,16,18-22H2,1-4H3,(H,40,43)/t23-,24+,26-,28-,29+,30-,36-,37-/m0/s1. The maximum Gasteiger partial charge on any atom is 0.283 e. The number of amides is 1. The van der Waals surface area contributed by atoms with Gasteiger partial charge in [0.2, 0.25) is 10.0 Å². The van der Waals surface area contributed by atoms with E-state index < -0.39 is 21.2 Å². The van der Waals surface area contributed by atoms with Gasteiger partial charge in [0.25, 0.3) is 5.91 Å². The zero-order valence-corrected chi connectivity index (χ0v) is 30.8. The topological polar surface area (TPSA) is 110 Å². The smallest absolute Gasteiger partial charge is 0.283 e. The summed E-state index contributed by atoms with van der Waals surface area (Å²) in [6, 6.07) is 9.80. The zero-order chi connectivity index (χ0) is 34.5. The number of ether oxygens (including phenoxy) is 3. The average molecular weight is 715 g/mol. The number of anilines is 1. The summed E-state index contributed by atoms with van der Waals surface area (Å²) in [6.45, 7) is 6.81. The second-order valence-electron chi connectivity index (χ2n) is 15.5. The fourth-order valence-electron chi connectivity index (χ4n) is 8.87. The van der Waals surface area contributed by atoms with Gasteiger partial charge in [-0.3, -0.25) is 4.79 Å². The number of benzene rings is 1. The molecular formula is C37H51ClN4O6S. The minimum absolute atomic E-state index is 0.0668. The minimum Gasteiger partial charge on any atom is -0.489 e. The van der Waals surface area contributed by atoms with E-state index in [0.717, 1.165) is 62.9 Å². The third-order valence-electron chi connectivity index (χ3n) is 12.3. The van der Waals surface area contributed by atoms with E-state index in [9.17, 15) is 13.2 Å². The van der Waals surface area contributed by atoms with E-state index in [0.29, 0.717) is 49.8 Å². The fourth-order valence-corrected chi connectivity index (χ4v) is 10.4. The average Bonchev–Trinajstić information content (AvgIpc) is 3.21. The molecule has 1 aromatic heterocycles. The molecule has 1 spiro atoms. The number of hydrogen-bond acceptors (Lipinski definition) is 9. The summed E-state index contributed by atoms with van der Waals surface area (Å²) in [5.74, 6) is 1.31. The molecule has 268 valence electrons. The van der Waals surface area contributed by atoms with E-state index in [1.807, 2.05) is 13.0 Å². The van der Waals surface area contributed by atoms with Gasteiger partial charge in [0.1, 0.15) is 5.69 Å². The van der Waals surface area contributed by atoms with Gasteiger partial charge >= 0.3 is 0 Å². The SMILES string of the molecule is C[C@@H]1[C@@H](C)CCC[C@H]([C@H]2OC[C@H](N(C)C)CO2)[C@@H]2CC[C@H]2CN2C[C@@]3(CCCc4cc(Cl)ccc43)COc3ccc(nc32)C(=O)NS1(=O)=O. The largest absolute Gasteiger partial charge is 0.489 e. The molecule has 49 heavy (non-hydrogen) atoms. The van der Waals surface area contributed by atoms with Crippen molar-refractivity contribution < 1.29 is 27.4 Å². The highest BCUT2D eigenvalue weighted by Gasteiger charge is 2.47. The minimum atomic E-state index is -3.94. The summed E-state index contributed by atoms with van der Waals surface area (Å²) in [7, 11) is 0.167. The molecule has 5 aliphatic rings. The third kappa shape index (κ3) is 6.95. The van der Waals surface area contributed by atoms with Crippen molar-refractivity contribution >= 4 is 33.3 Å². The number of sulfonamides is 1. The molecule has 2 fully saturated rings. The molecule has 0 radical (unpaired) electrons. The monoisotopic (exact) mass is 714 g/mol. The Labute approximate surface area is 296 Å². The summed E-state index contributed by atoms with van der Waals surface area (Å²) in [4.78, 5) is 22.8. The second-order valence-corrected chi connectivity index (χ2v) is 18.0. The number of aryl methyl sites for hydroxylation is 1. The van der Waals surface area contributed by atoms with Crippen molar-refractivity contribution in [1.82, 2.24) is 14.6 Å². The summed E-state index contributed by atoms with van der Waals surface area (Å²) in [5, 5.41) is -0.00953. The maximum absolute atomic E-state index is 13.5. The molecule has 2 aromatic rings. The van der Waals surface area contributed by atoms with E-state index >= 15 is 0 Å². The Hall–Kier alpha value is -2.44. The number of nitrogens with one attached hydrogen (secondary N) is 1. The molecule has 1 aromatic carbocycles. The van der Waals surface area contributed by atoms with E-state index in [-0.39, 0.29) is 35.3 Å². The van der Waals surface area contributed by atoms with Crippen LogP contribution in [-0.4, -0.2) is 88.8 Å². The Balaban J connectivity index is 1.26. The van der Waals surface area contributed by atoms with Gasteiger partial charge in [-0.05, 0) is 119 Å². The van der Waals surface area contributed by atoms with Crippen LogP contribution in [0.1, 0.15) is 80.4 Å². The first-order chi connectivity index (χ1) is 23.4. The number of rotatable bonds is 2. The third-order valence-corrected chi connectivity index (χ3v) is 14.4. The number of nitrogens with zero attached hydrogens (tertiary/aromatic N) is 3. The van der Waals surface area contributed by atoms with E-state index in [2.05, 4.69) is 40.7 Å². The van der Waals surface area contributed by atoms with E-state index in [1.165, 1.54) is 11.1 Å². The van der Waals surface area contributed by atoms with Crippen molar-refractivity contribution in [2.24, 2.45) is 23.7 Å². The van der Waals surface area contributed by atoms with Gasteiger partial charge < -0.3 is 24.0 Å². The molecule has 10 nitrogen and oxygen atoms in total. The Morgan fingerprint density at radius 1 is 1.02 bits per heavy atom. The Morgan fingerprint density at radius 2 is 1.82 bits per heavy atom. The highest BCUT2D eigenvalue weighted by atomic mass is 35.5. The van der Waals surface area contributed by atoms with Gasteiger partial charge in [-0.15, -0.1) is 0 Å². The van der Waals surface area contributed by atoms with Crippen LogP contribution < -0.4 is 14.4 Å². The van der Waals surface area contributed by atoms with Crippen LogP contribution in [0.25, 0.3) is 0 Å². The lowest BCUT2D eigenvalue weighted by atomic mass is 9.64. The van der Waals surface area contributed by atoms with Gasteiger partial charge in [-0.1, -0.05) is 31.0 Å². The fraction of sp³-hybridized carbons (Fsp3) is 0.676. The Morgan fingerprint density at radius 3 is 2.55 bits per heavy atom. The summed E-state index contributed by atoms with van der Waals surface area (Å²) in [6.07, 6.45) is 7.32. The predicted molar refractivity (Wildman–Crippen MR) is 190 cm³/mol. The first kappa shape index (κ1) is 35.0. The van der Waals surface area contributed by atoms with Gasteiger partial charge in [-0.2, -0.15) is 0 Å². The number of pyridine rings is 1. The van der Waals surface area contributed by atoms with Crippen LogP contribution in [0.2, 0.25) is 5.02 Å². The van der Waals surface area contributed by atoms with Gasteiger partial charge in [0.05, 0.1) is 31.1 Å². The molecule has 2 aliphatic carbocycles. The van der Waals surface area contributed by atoms with Crippen molar-refractivity contribution in [3.05, 3.63) is 52.2 Å². The maximum atomic E-state index is 13.5. The van der Waals surface area contributed by atoms with Crippen molar-refractivity contribution in [1.29, 1.82) is 0 Å². The highest BCUT2D eigenvalue weighted by molar-refractivity contribution is 7.90. The van der Waals surface area contributed by atoms with Gasteiger partial charge in [0, 0.05) is 29.4 Å². The van der Waals surface area contributed by atoms with Crippen molar-refractivity contribution in [3.8, 4) is 5.75 Å².